The molecule has 1 amide bonds. The van der Waals surface area contributed by atoms with Crippen LogP contribution in [-0.4, -0.2) is 21.7 Å². The summed E-state index contributed by atoms with van der Waals surface area (Å²) in [7, 11) is 0. The summed E-state index contributed by atoms with van der Waals surface area (Å²) in [6, 6.07) is 8.15. The van der Waals surface area contributed by atoms with Crippen molar-refractivity contribution in [1.29, 1.82) is 0 Å². The Hall–Kier alpha value is -1.84. The van der Waals surface area contributed by atoms with E-state index in [1.165, 1.54) is 12.8 Å². The average molecular weight is 271 g/mol. The molecule has 3 rings (SSSR count). The van der Waals surface area contributed by atoms with Crippen molar-refractivity contribution in [3.8, 4) is 0 Å². The third kappa shape index (κ3) is 2.30. The number of para-hydroxylation sites is 1. The molecule has 1 aliphatic carbocycles. The van der Waals surface area contributed by atoms with Gasteiger partial charge in [0.25, 0.3) is 0 Å². The van der Waals surface area contributed by atoms with Crippen LogP contribution in [0.1, 0.15) is 44.3 Å². The van der Waals surface area contributed by atoms with Crippen molar-refractivity contribution in [3.63, 3.8) is 0 Å². The van der Waals surface area contributed by atoms with Gasteiger partial charge in [-0.2, -0.15) is 5.10 Å². The summed E-state index contributed by atoms with van der Waals surface area (Å²) in [5.74, 6) is 0.0742. The highest BCUT2D eigenvalue weighted by molar-refractivity contribution is 5.86. The highest BCUT2D eigenvalue weighted by Crippen LogP contribution is 2.22. The summed E-state index contributed by atoms with van der Waals surface area (Å²) in [4.78, 5) is 12.4. The third-order valence-corrected chi connectivity index (χ3v) is 4.25. The molecule has 1 heterocycles. The SMILES string of the molecule is Cc1nn(C(C)C(=O)NC2CCCC2)c2ccccc12. The van der Waals surface area contributed by atoms with Crippen LogP contribution in [0.2, 0.25) is 0 Å². The minimum Gasteiger partial charge on any atom is -0.352 e. The lowest BCUT2D eigenvalue weighted by atomic mass is 10.2. The molecule has 1 aromatic heterocycles. The van der Waals surface area contributed by atoms with E-state index < -0.39 is 0 Å². The molecule has 0 saturated heterocycles. The van der Waals surface area contributed by atoms with Crippen molar-refractivity contribution in [1.82, 2.24) is 15.1 Å². The standard InChI is InChI=1S/C16H21N3O/c1-11-14-9-5-6-10-15(14)19(18-11)12(2)16(20)17-13-7-3-4-8-13/h5-6,9-10,12-13H,3-4,7-8H2,1-2H3,(H,17,20). The van der Waals surface area contributed by atoms with Crippen LogP contribution in [0.15, 0.2) is 24.3 Å². The Labute approximate surface area is 119 Å². The summed E-state index contributed by atoms with van der Waals surface area (Å²) < 4.78 is 1.84. The molecule has 2 aromatic rings. The van der Waals surface area contributed by atoms with Gasteiger partial charge in [0.2, 0.25) is 5.91 Å². The van der Waals surface area contributed by atoms with Crippen molar-refractivity contribution in [2.75, 3.05) is 0 Å². The van der Waals surface area contributed by atoms with Crippen LogP contribution < -0.4 is 5.32 Å². The fraction of sp³-hybridized carbons (Fsp3) is 0.500. The molecule has 4 heteroatoms. The van der Waals surface area contributed by atoms with Crippen molar-refractivity contribution in [2.24, 2.45) is 0 Å². The zero-order valence-electron chi connectivity index (χ0n) is 12.1. The molecule has 1 N–H and O–H groups in total. The maximum atomic E-state index is 12.4. The van der Waals surface area contributed by atoms with E-state index in [1.807, 2.05) is 36.7 Å². The number of aryl methyl sites for hydroxylation is 1. The van der Waals surface area contributed by atoms with E-state index in [0.717, 1.165) is 29.4 Å². The number of aromatic nitrogens is 2. The highest BCUT2D eigenvalue weighted by atomic mass is 16.2. The largest absolute Gasteiger partial charge is 0.352 e. The van der Waals surface area contributed by atoms with E-state index in [2.05, 4.69) is 16.5 Å². The number of amides is 1. The monoisotopic (exact) mass is 271 g/mol. The summed E-state index contributed by atoms with van der Waals surface area (Å²) in [5.41, 5.74) is 2.00. The number of hydrogen-bond donors (Lipinski definition) is 1. The fourth-order valence-electron chi connectivity index (χ4n) is 3.05. The Morgan fingerprint density at radius 3 is 2.80 bits per heavy atom. The fourth-order valence-corrected chi connectivity index (χ4v) is 3.05. The van der Waals surface area contributed by atoms with Crippen LogP contribution in [0.5, 0.6) is 0 Å². The first-order chi connectivity index (χ1) is 9.66. The second-order valence-electron chi connectivity index (χ2n) is 5.71. The maximum Gasteiger partial charge on any atom is 0.244 e. The summed E-state index contributed by atoms with van der Waals surface area (Å²) in [6.45, 7) is 3.91. The van der Waals surface area contributed by atoms with Gasteiger partial charge in [-0.05, 0) is 32.8 Å². The molecule has 1 fully saturated rings. The van der Waals surface area contributed by atoms with Crippen LogP contribution in [-0.2, 0) is 4.79 Å². The van der Waals surface area contributed by atoms with Gasteiger partial charge in [0.05, 0.1) is 11.2 Å². The molecule has 1 aliphatic rings. The Morgan fingerprint density at radius 2 is 2.05 bits per heavy atom. The van der Waals surface area contributed by atoms with Crippen LogP contribution >= 0.6 is 0 Å². The molecule has 1 atom stereocenters. The first-order valence-corrected chi connectivity index (χ1v) is 7.41. The van der Waals surface area contributed by atoms with Gasteiger partial charge < -0.3 is 5.32 Å². The number of nitrogens with one attached hydrogen (secondary N) is 1. The molecule has 0 aliphatic heterocycles. The molecule has 0 spiro atoms. The van der Waals surface area contributed by atoms with E-state index in [1.54, 1.807) is 0 Å². The van der Waals surface area contributed by atoms with E-state index >= 15 is 0 Å². The molecule has 20 heavy (non-hydrogen) atoms. The van der Waals surface area contributed by atoms with E-state index in [9.17, 15) is 4.79 Å². The summed E-state index contributed by atoms with van der Waals surface area (Å²) >= 11 is 0. The molecule has 0 radical (unpaired) electrons. The van der Waals surface area contributed by atoms with Gasteiger partial charge in [-0.1, -0.05) is 31.0 Å². The molecule has 1 aromatic carbocycles. The van der Waals surface area contributed by atoms with Gasteiger partial charge >= 0.3 is 0 Å². The van der Waals surface area contributed by atoms with Crippen LogP contribution in [0.4, 0.5) is 0 Å². The molecule has 106 valence electrons. The lowest BCUT2D eigenvalue weighted by Gasteiger charge is -2.17. The van der Waals surface area contributed by atoms with Gasteiger partial charge in [-0.15, -0.1) is 0 Å². The first kappa shape index (κ1) is 13.2. The van der Waals surface area contributed by atoms with E-state index in [-0.39, 0.29) is 11.9 Å². The highest BCUT2D eigenvalue weighted by Gasteiger charge is 2.23. The predicted molar refractivity (Wildman–Crippen MR) is 79.6 cm³/mol. The van der Waals surface area contributed by atoms with Crippen molar-refractivity contribution >= 4 is 16.8 Å². The Balaban J connectivity index is 1.84. The zero-order valence-corrected chi connectivity index (χ0v) is 12.1. The second-order valence-corrected chi connectivity index (χ2v) is 5.71. The Kier molecular flexibility index (Phi) is 3.47. The number of carbonyl (C=O) groups excluding carboxylic acids is 1. The number of hydrogen-bond acceptors (Lipinski definition) is 2. The first-order valence-electron chi connectivity index (χ1n) is 7.41. The van der Waals surface area contributed by atoms with E-state index in [0.29, 0.717) is 6.04 Å². The van der Waals surface area contributed by atoms with Crippen LogP contribution in [0, 0.1) is 6.92 Å². The zero-order chi connectivity index (χ0) is 14.1. The smallest absolute Gasteiger partial charge is 0.244 e. The number of carbonyl (C=O) groups is 1. The number of nitrogens with zero attached hydrogens (tertiary/aromatic N) is 2. The van der Waals surface area contributed by atoms with Gasteiger partial charge in [0.15, 0.2) is 0 Å². The maximum absolute atomic E-state index is 12.4. The van der Waals surface area contributed by atoms with Gasteiger partial charge in [0, 0.05) is 11.4 Å². The lowest BCUT2D eigenvalue weighted by Crippen LogP contribution is -2.37. The summed E-state index contributed by atoms with van der Waals surface area (Å²) in [5, 5.41) is 8.81. The van der Waals surface area contributed by atoms with Crippen molar-refractivity contribution < 1.29 is 4.79 Å². The Morgan fingerprint density at radius 1 is 1.35 bits per heavy atom. The van der Waals surface area contributed by atoms with Crippen molar-refractivity contribution in [3.05, 3.63) is 30.0 Å². The molecular weight excluding hydrogens is 250 g/mol. The molecule has 0 bridgehead atoms. The van der Waals surface area contributed by atoms with Gasteiger partial charge in [0.1, 0.15) is 6.04 Å². The minimum atomic E-state index is -0.269. The van der Waals surface area contributed by atoms with E-state index in [4.69, 9.17) is 0 Å². The normalized spacial score (nSPS) is 17.5. The Bertz CT molecular complexity index is 626. The second kappa shape index (κ2) is 5.27. The van der Waals surface area contributed by atoms with Crippen LogP contribution in [0.25, 0.3) is 10.9 Å². The topological polar surface area (TPSA) is 46.9 Å². The lowest BCUT2D eigenvalue weighted by molar-refractivity contribution is -0.124. The number of rotatable bonds is 3. The number of benzene rings is 1. The van der Waals surface area contributed by atoms with Gasteiger partial charge in [-0.25, -0.2) is 0 Å². The van der Waals surface area contributed by atoms with Crippen molar-refractivity contribution in [2.45, 2.75) is 51.6 Å². The molecular formula is C16H21N3O. The quantitative estimate of drug-likeness (QED) is 0.933. The average Bonchev–Trinajstić information content (AvgIpc) is 3.07. The number of fused-ring (bicyclic) bond motifs is 1. The summed E-state index contributed by atoms with van der Waals surface area (Å²) in [6.07, 6.45) is 4.67. The molecule has 1 saturated carbocycles. The third-order valence-electron chi connectivity index (χ3n) is 4.25. The van der Waals surface area contributed by atoms with Gasteiger partial charge in [-0.3, -0.25) is 9.48 Å². The van der Waals surface area contributed by atoms with Crippen LogP contribution in [0.3, 0.4) is 0 Å². The molecule has 1 unspecified atom stereocenters. The predicted octanol–water partition coefficient (Wildman–Crippen LogP) is 2.96. The minimum absolute atomic E-state index is 0.0742. The molecule has 4 nitrogen and oxygen atoms in total.